The van der Waals surface area contributed by atoms with E-state index in [1.807, 2.05) is 20.0 Å². The lowest BCUT2D eigenvalue weighted by Gasteiger charge is -2.11. The first-order chi connectivity index (χ1) is 7.04. The second-order valence-electron chi connectivity index (χ2n) is 3.68. The molecule has 0 saturated heterocycles. The Morgan fingerprint density at radius 1 is 1.67 bits per heavy atom. The Labute approximate surface area is 93.5 Å². The van der Waals surface area contributed by atoms with Crippen LogP contribution < -0.4 is 5.32 Å². The van der Waals surface area contributed by atoms with Gasteiger partial charge < -0.3 is 9.88 Å². The van der Waals surface area contributed by atoms with Gasteiger partial charge in [-0.15, -0.1) is 0 Å². The number of aromatic nitrogens is 2. The Kier molecular flexibility index (Phi) is 4.32. The Balaban J connectivity index is 2.60. The minimum Gasteiger partial charge on any atom is -0.354 e. The molecule has 1 aromatic rings. The van der Waals surface area contributed by atoms with Gasteiger partial charge in [0.05, 0.1) is 5.69 Å². The van der Waals surface area contributed by atoms with E-state index < -0.39 is 10.8 Å². The van der Waals surface area contributed by atoms with Crippen molar-refractivity contribution in [3.8, 4) is 0 Å². The molecule has 2 atom stereocenters. The first-order valence-corrected chi connectivity index (χ1v) is 6.76. The maximum absolute atomic E-state index is 11.2. The predicted octanol–water partition coefficient (Wildman–Crippen LogP) is 1.39. The van der Waals surface area contributed by atoms with Crippen molar-refractivity contribution in [2.45, 2.75) is 32.6 Å². The van der Waals surface area contributed by atoms with Gasteiger partial charge in [0.1, 0.15) is 0 Å². The predicted molar refractivity (Wildman–Crippen MR) is 64.7 cm³/mol. The van der Waals surface area contributed by atoms with Gasteiger partial charge in [-0.05, 0) is 20.8 Å². The molecule has 1 aromatic heterocycles. The van der Waals surface area contributed by atoms with Crippen LogP contribution in [0.4, 0.5) is 5.95 Å². The molecule has 0 fully saturated rings. The lowest BCUT2D eigenvalue weighted by molar-refractivity contribution is 0.678. The molecule has 0 bridgehead atoms. The van der Waals surface area contributed by atoms with Crippen LogP contribution in [0.5, 0.6) is 0 Å². The molecule has 0 aliphatic carbocycles. The van der Waals surface area contributed by atoms with Crippen LogP contribution in [-0.2, 0) is 17.3 Å². The van der Waals surface area contributed by atoms with E-state index in [-0.39, 0.29) is 5.25 Å². The van der Waals surface area contributed by atoms with Crippen molar-refractivity contribution in [1.82, 2.24) is 9.55 Å². The highest BCUT2D eigenvalue weighted by Gasteiger charge is 2.08. The van der Waals surface area contributed by atoms with E-state index in [0.29, 0.717) is 6.54 Å². The molecule has 1 rings (SSSR count). The molecule has 5 heteroatoms. The smallest absolute Gasteiger partial charge is 0.203 e. The van der Waals surface area contributed by atoms with E-state index in [1.165, 1.54) is 0 Å². The van der Waals surface area contributed by atoms with Crippen molar-refractivity contribution in [3.05, 3.63) is 11.9 Å². The second-order valence-corrected chi connectivity index (χ2v) is 5.48. The van der Waals surface area contributed by atoms with Crippen LogP contribution in [0.2, 0.25) is 0 Å². The Bertz CT molecular complexity index is 348. The van der Waals surface area contributed by atoms with E-state index in [9.17, 15) is 4.21 Å². The van der Waals surface area contributed by atoms with Crippen LogP contribution in [0.15, 0.2) is 6.20 Å². The van der Waals surface area contributed by atoms with Crippen LogP contribution in [0.1, 0.15) is 19.5 Å². The highest BCUT2D eigenvalue weighted by atomic mass is 32.2. The standard InChI is InChI=1S/C10H19N3OS/c1-5-13-7-8(2)12-10(13)11-6-9(3)15(4)14/h7,9H,5-6H2,1-4H3,(H,11,12). The molecule has 4 nitrogen and oxygen atoms in total. The summed E-state index contributed by atoms with van der Waals surface area (Å²) in [6, 6.07) is 0. The monoisotopic (exact) mass is 229 g/mol. The molecule has 0 radical (unpaired) electrons. The number of hydrogen-bond acceptors (Lipinski definition) is 3. The number of anilines is 1. The number of nitrogens with zero attached hydrogens (tertiary/aromatic N) is 2. The summed E-state index contributed by atoms with van der Waals surface area (Å²) < 4.78 is 13.2. The van der Waals surface area contributed by atoms with Gasteiger partial charge in [-0.25, -0.2) is 4.98 Å². The molecule has 0 aliphatic heterocycles. The van der Waals surface area contributed by atoms with Crippen molar-refractivity contribution in [2.75, 3.05) is 18.1 Å². The van der Waals surface area contributed by atoms with Crippen LogP contribution in [0.25, 0.3) is 0 Å². The molecule has 1 N–H and O–H groups in total. The van der Waals surface area contributed by atoms with E-state index in [1.54, 1.807) is 6.26 Å². The first kappa shape index (κ1) is 12.2. The van der Waals surface area contributed by atoms with Gasteiger partial charge in [0, 0.05) is 41.6 Å². The minimum absolute atomic E-state index is 0.146. The van der Waals surface area contributed by atoms with Crippen LogP contribution in [-0.4, -0.2) is 31.8 Å². The average Bonchev–Trinajstić information content (AvgIpc) is 2.55. The summed E-state index contributed by atoms with van der Waals surface area (Å²) in [5.41, 5.74) is 1.00. The molecule has 0 spiro atoms. The lowest BCUT2D eigenvalue weighted by Crippen LogP contribution is -2.22. The number of rotatable bonds is 5. The summed E-state index contributed by atoms with van der Waals surface area (Å²) in [7, 11) is -0.785. The zero-order chi connectivity index (χ0) is 11.4. The highest BCUT2D eigenvalue weighted by molar-refractivity contribution is 7.84. The fraction of sp³-hybridized carbons (Fsp3) is 0.700. The largest absolute Gasteiger partial charge is 0.354 e. The first-order valence-electron chi connectivity index (χ1n) is 5.14. The normalized spacial score (nSPS) is 14.9. The summed E-state index contributed by atoms with van der Waals surface area (Å²) in [5, 5.41) is 3.37. The van der Waals surface area contributed by atoms with E-state index in [4.69, 9.17) is 0 Å². The number of hydrogen-bond donors (Lipinski definition) is 1. The van der Waals surface area contributed by atoms with Crippen LogP contribution in [0, 0.1) is 6.92 Å². The van der Waals surface area contributed by atoms with E-state index in [2.05, 4.69) is 21.8 Å². The van der Waals surface area contributed by atoms with Gasteiger partial charge in [-0.3, -0.25) is 4.21 Å². The van der Waals surface area contributed by atoms with Crippen LogP contribution >= 0.6 is 0 Å². The van der Waals surface area contributed by atoms with Crippen molar-refractivity contribution < 1.29 is 4.21 Å². The fourth-order valence-electron chi connectivity index (χ4n) is 1.28. The van der Waals surface area contributed by atoms with Crippen molar-refractivity contribution in [3.63, 3.8) is 0 Å². The number of imidazole rings is 1. The maximum Gasteiger partial charge on any atom is 0.203 e. The molecular weight excluding hydrogens is 210 g/mol. The van der Waals surface area contributed by atoms with Crippen LogP contribution in [0.3, 0.4) is 0 Å². The molecular formula is C10H19N3OS. The summed E-state index contributed by atoms with van der Waals surface area (Å²) in [6.07, 6.45) is 3.74. The molecule has 0 saturated carbocycles. The molecule has 2 unspecified atom stereocenters. The van der Waals surface area contributed by atoms with E-state index >= 15 is 0 Å². The second kappa shape index (κ2) is 5.30. The zero-order valence-electron chi connectivity index (χ0n) is 9.78. The minimum atomic E-state index is -0.785. The molecule has 1 heterocycles. The van der Waals surface area contributed by atoms with E-state index in [0.717, 1.165) is 18.2 Å². The topological polar surface area (TPSA) is 46.9 Å². The van der Waals surface area contributed by atoms with Gasteiger partial charge >= 0.3 is 0 Å². The quantitative estimate of drug-likeness (QED) is 0.830. The summed E-state index contributed by atoms with van der Waals surface area (Å²) >= 11 is 0. The molecule has 0 amide bonds. The third kappa shape index (κ3) is 3.34. The number of aryl methyl sites for hydroxylation is 2. The fourth-order valence-corrected chi connectivity index (χ4v) is 1.60. The van der Waals surface area contributed by atoms with Gasteiger partial charge in [0.2, 0.25) is 5.95 Å². The maximum atomic E-state index is 11.2. The number of nitrogens with one attached hydrogen (secondary N) is 1. The van der Waals surface area contributed by atoms with Crippen molar-refractivity contribution >= 4 is 16.7 Å². The summed E-state index contributed by atoms with van der Waals surface area (Å²) in [4.78, 5) is 4.37. The van der Waals surface area contributed by atoms with Gasteiger partial charge in [-0.2, -0.15) is 0 Å². The van der Waals surface area contributed by atoms with Gasteiger partial charge in [0.25, 0.3) is 0 Å². The molecule has 0 aliphatic rings. The third-order valence-electron chi connectivity index (χ3n) is 2.35. The summed E-state index contributed by atoms with van der Waals surface area (Å²) in [5.74, 6) is 0.868. The average molecular weight is 229 g/mol. The SMILES string of the molecule is CCn1cc(C)nc1NCC(C)S(C)=O. The zero-order valence-corrected chi connectivity index (χ0v) is 10.6. The Hall–Kier alpha value is -0.840. The van der Waals surface area contributed by atoms with Gasteiger partial charge in [0.15, 0.2) is 0 Å². The van der Waals surface area contributed by atoms with Gasteiger partial charge in [-0.1, -0.05) is 0 Å². The molecule has 86 valence electrons. The van der Waals surface area contributed by atoms with Crippen molar-refractivity contribution in [2.24, 2.45) is 0 Å². The Morgan fingerprint density at radius 2 is 2.33 bits per heavy atom. The molecule has 0 aromatic carbocycles. The third-order valence-corrected chi connectivity index (χ3v) is 3.65. The lowest BCUT2D eigenvalue weighted by atomic mass is 10.5. The van der Waals surface area contributed by atoms with Crippen molar-refractivity contribution in [1.29, 1.82) is 0 Å². The summed E-state index contributed by atoms with van der Waals surface area (Å²) in [6.45, 7) is 7.61. The Morgan fingerprint density at radius 3 is 2.87 bits per heavy atom. The molecule has 15 heavy (non-hydrogen) atoms. The highest BCUT2D eigenvalue weighted by Crippen LogP contribution is 2.08.